The molecule has 1 heterocycles. The Hall–Kier alpha value is -2.10. The molecule has 0 spiro atoms. The molecule has 1 atom stereocenters. The third-order valence-corrected chi connectivity index (χ3v) is 3.38. The highest BCUT2D eigenvalue weighted by Crippen LogP contribution is 2.35. The average Bonchev–Trinajstić information content (AvgIpc) is 2.38. The van der Waals surface area contributed by atoms with Gasteiger partial charge in [-0.1, -0.05) is 12.1 Å². The molecule has 2 aliphatic rings. The van der Waals surface area contributed by atoms with Crippen molar-refractivity contribution < 1.29 is 9.90 Å². The Morgan fingerprint density at radius 2 is 2.22 bits per heavy atom. The van der Waals surface area contributed by atoms with E-state index in [4.69, 9.17) is 0 Å². The van der Waals surface area contributed by atoms with Gasteiger partial charge in [-0.15, -0.1) is 0 Å². The van der Waals surface area contributed by atoms with Crippen LogP contribution >= 0.6 is 0 Å². The highest BCUT2D eigenvalue weighted by Gasteiger charge is 2.30. The number of carbonyl (C=O) groups excluding carboxylic acids is 1. The maximum atomic E-state index is 12.1. The molecule has 1 unspecified atom stereocenters. The van der Waals surface area contributed by atoms with Crippen molar-refractivity contribution in [1.82, 2.24) is 5.32 Å². The Morgan fingerprint density at radius 1 is 1.33 bits per heavy atom. The van der Waals surface area contributed by atoms with Crippen molar-refractivity contribution in [1.29, 1.82) is 0 Å². The van der Waals surface area contributed by atoms with E-state index in [1.807, 2.05) is 6.07 Å². The average molecular weight is 242 g/mol. The first kappa shape index (κ1) is 11.0. The number of carbonyl (C=O) groups is 1. The van der Waals surface area contributed by atoms with Gasteiger partial charge in [-0.3, -0.25) is 9.79 Å². The summed E-state index contributed by atoms with van der Waals surface area (Å²) in [7, 11) is 0. The number of nitrogens with one attached hydrogen (secondary N) is 1. The van der Waals surface area contributed by atoms with E-state index in [0.717, 1.165) is 29.7 Å². The fourth-order valence-electron chi connectivity index (χ4n) is 2.54. The number of phenolic OH excluding ortho intramolecular Hbond substituents is 1. The molecule has 1 aromatic rings. The number of allylic oxidation sites excluding steroid dienone is 1. The van der Waals surface area contributed by atoms with Gasteiger partial charge in [-0.2, -0.15) is 0 Å². The van der Waals surface area contributed by atoms with E-state index >= 15 is 0 Å². The summed E-state index contributed by atoms with van der Waals surface area (Å²) in [5.41, 5.74) is 2.60. The Morgan fingerprint density at radius 3 is 3.06 bits per heavy atom. The molecule has 0 saturated carbocycles. The number of ketones is 1. The van der Waals surface area contributed by atoms with E-state index in [9.17, 15) is 9.90 Å². The lowest BCUT2D eigenvalue weighted by Crippen LogP contribution is -2.28. The highest BCUT2D eigenvalue weighted by molar-refractivity contribution is 5.99. The third-order valence-electron chi connectivity index (χ3n) is 3.38. The first-order valence-corrected chi connectivity index (χ1v) is 6.09. The number of benzene rings is 1. The van der Waals surface area contributed by atoms with Gasteiger partial charge in [0.2, 0.25) is 0 Å². The van der Waals surface area contributed by atoms with E-state index in [0.29, 0.717) is 6.42 Å². The van der Waals surface area contributed by atoms with Crippen molar-refractivity contribution in [2.45, 2.75) is 25.3 Å². The quantitative estimate of drug-likeness (QED) is 0.792. The van der Waals surface area contributed by atoms with E-state index in [1.54, 1.807) is 24.5 Å². The van der Waals surface area contributed by atoms with Crippen LogP contribution in [0.3, 0.4) is 0 Å². The maximum absolute atomic E-state index is 12.1. The number of rotatable bonds is 1. The first-order valence-electron chi connectivity index (χ1n) is 6.09. The Bertz CT molecular complexity index is 561. The summed E-state index contributed by atoms with van der Waals surface area (Å²) in [5.74, 6) is 0.362. The number of aliphatic imine (C=N–C) groups is 1. The van der Waals surface area contributed by atoms with E-state index < -0.39 is 0 Å². The van der Waals surface area contributed by atoms with Crippen LogP contribution in [0.25, 0.3) is 0 Å². The molecule has 4 nitrogen and oxygen atoms in total. The molecule has 1 aliphatic heterocycles. The van der Waals surface area contributed by atoms with Gasteiger partial charge in [0.15, 0.2) is 5.78 Å². The molecule has 2 N–H and O–H groups in total. The van der Waals surface area contributed by atoms with Crippen LogP contribution < -0.4 is 5.32 Å². The lowest BCUT2D eigenvalue weighted by molar-refractivity contribution is -0.116. The second-order valence-electron chi connectivity index (χ2n) is 4.59. The molecule has 92 valence electrons. The normalized spacial score (nSPS) is 22.7. The van der Waals surface area contributed by atoms with E-state index in [2.05, 4.69) is 10.3 Å². The lowest BCUT2D eigenvalue weighted by atomic mass is 9.86. The number of hydrogen-bond acceptors (Lipinski definition) is 4. The molecule has 0 saturated heterocycles. The van der Waals surface area contributed by atoms with Crippen LogP contribution in [-0.2, 0) is 4.79 Å². The summed E-state index contributed by atoms with van der Waals surface area (Å²) in [6, 6.07) is 6.67. The Balaban J connectivity index is 2.05. The smallest absolute Gasteiger partial charge is 0.163 e. The molecule has 4 heteroatoms. The molecule has 0 radical (unpaired) electrons. The van der Waals surface area contributed by atoms with Crippen LogP contribution in [0.2, 0.25) is 0 Å². The van der Waals surface area contributed by atoms with Gasteiger partial charge in [0.25, 0.3) is 0 Å². The van der Waals surface area contributed by atoms with Gasteiger partial charge in [-0.25, -0.2) is 0 Å². The summed E-state index contributed by atoms with van der Waals surface area (Å²) < 4.78 is 0. The summed E-state index contributed by atoms with van der Waals surface area (Å²) in [4.78, 5) is 16.4. The number of aromatic hydroxyl groups is 1. The largest absolute Gasteiger partial charge is 0.508 e. The summed E-state index contributed by atoms with van der Waals surface area (Å²) in [6.07, 6.45) is 4.02. The minimum atomic E-state index is -0.277. The summed E-state index contributed by atoms with van der Waals surface area (Å²) in [5, 5.41) is 12.6. The number of phenols is 1. The van der Waals surface area contributed by atoms with Crippen LogP contribution in [0.5, 0.6) is 5.75 Å². The van der Waals surface area contributed by atoms with Crippen molar-refractivity contribution >= 4 is 12.1 Å². The topological polar surface area (TPSA) is 61.7 Å². The van der Waals surface area contributed by atoms with Crippen LogP contribution in [0.1, 0.15) is 30.9 Å². The Kier molecular flexibility index (Phi) is 2.63. The highest BCUT2D eigenvalue weighted by atomic mass is 16.3. The van der Waals surface area contributed by atoms with Crippen molar-refractivity contribution in [2.24, 2.45) is 4.99 Å². The molecule has 18 heavy (non-hydrogen) atoms. The molecule has 0 bridgehead atoms. The SMILES string of the molecule is O=C1CCCC2=C1C(c1cccc(O)c1)N=CN2. The standard InChI is InChI=1S/C14H14N2O2/c17-10-4-1-3-9(7-10)14-13-11(15-8-16-14)5-2-6-12(13)18/h1,3-4,7-8,14,17H,2,5-6H2,(H,15,16). The van der Waals surface area contributed by atoms with Crippen LogP contribution in [0, 0.1) is 0 Å². The van der Waals surface area contributed by atoms with Gasteiger partial charge < -0.3 is 10.4 Å². The van der Waals surface area contributed by atoms with Gasteiger partial charge in [0.05, 0.1) is 6.34 Å². The van der Waals surface area contributed by atoms with Crippen molar-refractivity contribution in [3.63, 3.8) is 0 Å². The fraction of sp³-hybridized carbons (Fsp3) is 0.286. The van der Waals surface area contributed by atoms with Crippen LogP contribution in [-0.4, -0.2) is 17.2 Å². The second-order valence-corrected chi connectivity index (χ2v) is 4.59. The van der Waals surface area contributed by atoms with Gasteiger partial charge in [0, 0.05) is 17.7 Å². The molecule has 0 amide bonds. The Labute approximate surface area is 105 Å². The maximum Gasteiger partial charge on any atom is 0.163 e. The summed E-state index contributed by atoms with van der Waals surface area (Å²) >= 11 is 0. The van der Waals surface area contributed by atoms with Crippen molar-refractivity contribution in [2.75, 3.05) is 0 Å². The molecule has 0 fully saturated rings. The van der Waals surface area contributed by atoms with E-state index in [1.165, 1.54) is 0 Å². The van der Waals surface area contributed by atoms with Crippen LogP contribution in [0.4, 0.5) is 0 Å². The molecule has 0 aromatic heterocycles. The number of nitrogens with zero attached hydrogens (tertiary/aromatic N) is 1. The van der Waals surface area contributed by atoms with E-state index in [-0.39, 0.29) is 17.6 Å². The molecule has 3 rings (SSSR count). The number of Topliss-reactive ketones (excluding diaryl/α,β-unsaturated/α-hetero) is 1. The summed E-state index contributed by atoms with van der Waals surface area (Å²) in [6.45, 7) is 0. The number of hydrogen-bond donors (Lipinski definition) is 2. The predicted molar refractivity (Wildman–Crippen MR) is 68.4 cm³/mol. The predicted octanol–water partition coefficient (Wildman–Crippen LogP) is 2.07. The van der Waals surface area contributed by atoms with Gasteiger partial charge in [0.1, 0.15) is 11.8 Å². The zero-order chi connectivity index (χ0) is 12.5. The lowest BCUT2D eigenvalue weighted by Gasteiger charge is -2.27. The zero-order valence-electron chi connectivity index (χ0n) is 9.89. The van der Waals surface area contributed by atoms with Crippen LogP contribution in [0.15, 0.2) is 40.5 Å². The molecule has 1 aromatic carbocycles. The van der Waals surface area contributed by atoms with Gasteiger partial charge >= 0.3 is 0 Å². The van der Waals surface area contributed by atoms with Crippen molar-refractivity contribution in [3.05, 3.63) is 41.1 Å². The molecular weight excluding hydrogens is 228 g/mol. The third kappa shape index (κ3) is 1.79. The fourth-order valence-corrected chi connectivity index (χ4v) is 2.54. The van der Waals surface area contributed by atoms with Crippen molar-refractivity contribution in [3.8, 4) is 5.75 Å². The van der Waals surface area contributed by atoms with Gasteiger partial charge in [-0.05, 0) is 30.5 Å². The minimum Gasteiger partial charge on any atom is -0.508 e. The second kappa shape index (κ2) is 4.29. The molecular formula is C14H14N2O2. The molecule has 1 aliphatic carbocycles. The monoisotopic (exact) mass is 242 g/mol. The zero-order valence-corrected chi connectivity index (χ0v) is 9.89. The minimum absolute atomic E-state index is 0.161. The first-order chi connectivity index (χ1) is 8.75.